The third-order valence-corrected chi connectivity index (χ3v) is 2.55. The van der Waals surface area contributed by atoms with E-state index in [0.717, 1.165) is 5.56 Å². The molecule has 0 bridgehead atoms. The fraction of sp³-hybridized carbons (Fsp3) is 0.462. The number of hydrogen-bond acceptors (Lipinski definition) is 3. The molecule has 0 aromatic heterocycles. The van der Waals surface area contributed by atoms with E-state index in [9.17, 15) is 0 Å². The third-order valence-electron chi connectivity index (χ3n) is 2.25. The number of hydrogen-bond donors (Lipinski definition) is 0. The minimum atomic E-state index is -0.448. The largest absolute Gasteiger partial charge is 0.490 e. The summed E-state index contributed by atoms with van der Waals surface area (Å²) in [5, 5.41) is 8.87. The van der Waals surface area contributed by atoms with Crippen molar-refractivity contribution in [2.24, 2.45) is 0 Å². The zero-order valence-corrected chi connectivity index (χ0v) is 10.8. The van der Waals surface area contributed by atoms with Gasteiger partial charge in [0.1, 0.15) is 6.07 Å². The maximum Gasteiger partial charge on any atom is 0.184 e. The lowest BCUT2D eigenvalue weighted by atomic mass is 10.2. The predicted octanol–water partition coefficient (Wildman–Crippen LogP) is 3.51. The molecule has 1 rings (SSSR count). The van der Waals surface area contributed by atoms with Crippen molar-refractivity contribution in [3.8, 4) is 17.6 Å². The Balaban J connectivity index is 2.93. The summed E-state index contributed by atoms with van der Waals surface area (Å²) < 4.78 is 11.0. The standard InChI is InChI=1S/C13H16ClNO2/c1-3-11(9-15)17-12-6-5-10(8-14)7-13(12)16-4-2/h5-7,11H,3-4,8H2,1-2H3. The van der Waals surface area contributed by atoms with E-state index in [-0.39, 0.29) is 0 Å². The van der Waals surface area contributed by atoms with Gasteiger partial charge in [-0.15, -0.1) is 11.6 Å². The summed E-state index contributed by atoms with van der Waals surface area (Å²) in [6.07, 6.45) is 0.190. The van der Waals surface area contributed by atoms with Crippen molar-refractivity contribution in [2.75, 3.05) is 6.61 Å². The zero-order chi connectivity index (χ0) is 12.7. The number of halogens is 1. The molecular formula is C13H16ClNO2. The van der Waals surface area contributed by atoms with Crippen LogP contribution in [0.15, 0.2) is 18.2 Å². The molecule has 1 unspecified atom stereocenters. The molecule has 0 saturated carbocycles. The Morgan fingerprint density at radius 1 is 1.35 bits per heavy atom. The molecular weight excluding hydrogens is 238 g/mol. The monoisotopic (exact) mass is 253 g/mol. The second-order valence-electron chi connectivity index (χ2n) is 3.49. The molecule has 4 heteroatoms. The Hall–Kier alpha value is -1.40. The van der Waals surface area contributed by atoms with Gasteiger partial charge in [0, 0.05) is 5.88 Å². The smallest absolute Gasteiger partial charge is 0.184 e. The Bertz CT molecular complexity index is 401. The number of alkyl halides is 1. The van der Waals surface area contributed by atoms with E-state index >= 15 is 0 Å². The van der Waals surface area contributed by atoms with Crippen LogP contribution in [0.1, 0.15) is 25.8 Å². The lowest BCUT2D eigenvalue weighted by Crippen LogP contribution is -2.13. The molecule has 0 N–H and O–H groups in total. The average molecular weight is 254 g/mol. The SMILES string of the molecule is CCOc1cc(CCl)ccc1OC(C#N)CC. The van der Waals surface area contributed by atoms with Gasteiger partial charge in [-0.25, -0.2) is 0 Å². The van der Waals surface area contributed by atoms with Crippen molar-refractivity contribution < 1.29 is 9.47 Å². The van der Waals surface area contributed by atoms with Crippen molar-refractivity contribution in [3.05, 3.63) is 23.8 Å². The fourth-order valence-electron chi connectivity index (χ4n) is 1.36. The molecule has 17 heavy (non-hydrogen) atoms. The highest BCUT2D eigenvalue weighted by molar-refractivity contribution is 6.17. The Morgan fingerprint density at radius 2 is 2.12 bits per heavy atom. The summed E-state index contributed by atoms with van der Waals surface area (Å²) in [4.78, 5) is 0. The highest BCUT2D eigenvalue weighted by Gasteiger charge is 2.11. The quantitative estimate of drug-likeness (QED) is 0.729. The molecule has 0 spiro atoms. The van der Waals surface area contributed by atoms with E-state index in [4.69, 9.17) is 26.3 Å². The molecule has 0 amide bonds. The third kappa shape index (κ3) is 3.83. The van der Waals surface area contributed by atoms with Gasteiger partial charge in [-0.3, -0.25) is 0 Å². The van der Waals surface area contributed by atoms with Crippen LogP contribution in [0.5, 0.6) is 11.5 Å². The molecule has 0 saturated heterocycles. The molecule has 0 aliphatic carbocycles. The number of nitrogens with zero attached hydrogens (tertiary/aromatic N) is 1. The Kier molecular flexibility index (Phi) is 5.65. The van der Waals surface area contributed by atoms with Crippen molar-refractivity contribution in [1.82, 2.24) is 0 Å². The first-order valence-electron chi connectivity index (χ1n) is 5.63. The van der Waals surface area contributed by atoms with Crippen molar-refractivity contribution in [3.63, 3.8) is 0 Å². The first kappa shape index (κ1) is 13.7. The van der Waals surface area contributed by atoms with Crippen LogP contribution in [0, 0.1) is 11.3 Å². The topological polar surface area (TPSA) is 42.2 Å². The minimum absolute atomic E-state index is 0.426. The molecule has 0 aliphatic heterocycles. The second-order valence-corrected chi connectivity index (χ2v) is 3.76. The summed E-state index contributed by atoms with van der Waals surface area (Å²) in [6, 6.07) is 7.60. The zero-order valence-electron chi connectivity index (χ0n) is 10.1. The number of benzene rings is 1. The van der Waals surface area contributed by atoms with Crippen LogP contribution in [-0.2, 0) is 5.88 Å². The van der Waals surface area contributed by atoms with Crippen LogP contribution < -0.4 is 9.47 Å². The van der Waals surface area contributed by atoms with Crippen molar-refractivity contribution in [2.45, 2.75) is 32.3 Å². The van der Waals surface area contributed by atoms with E-state index in [1.54, 1.807) is 6.07 Å². The molecule has 0 aliphatic rings. The molecule has 0 fully saturated rings. The number of nitriles is 1. The van der Waals surface area contributed by atoms with Gasteiger partial charge in [0.15, 0.2) is 17.6 Å². The molecule has 1 aromatic carbocycles. The highest BCUT2D eigenvalue weighted by Crippen LogP contribution is 2.30. The van der Waals surface area contributed by atoms with Gasteiger partial charge in [0.25, 0.3) is 0 Å². The Labute approximate surface area is 107 Å². The lowest BCUT2D eigenvalue weighted by Gasteiger charge is -2.15. The highest BCUT2D eigenvalue weighted by atomic mass is 35.5. The second kappa shape index (κ2) is 7.03. The minimum Gasteiger partial charge on any atom is -0.490 e. The first-order valence-corrected chi connectivity index (χ1v) is 6.16. The molecule has 3 nitrogen and oxygen atoms in total. The van der Waals surface area contributed by atoms with Gasteiger partial charge in [-0.2, -0.15) is 5.26 Å². The predicted molar refractivity (Wildman–Crippen MR) is 67.5 cm³/mol. The van der Waals surface area contributed by atoms with E-state index in [1.165, 1.54) is 0 Å². The summed E-state index contributed by atoms with van der Waals surface area (Å²) in [5.41, 5.74) is 0.965. The van der Waals surface area contributed by atoms with Crippen LogP contribution in [-0.4, -0.2) is 12.7 Å². The summed E-state index contributed by atoms with van der Waals surface area (Å²) in [5.74, 6) is 1.66. The maximum atomic E-state index is 8.87. The van der Waals surface area contributed by atoms with Crippen LogP contribution in [0.25, 0.3) is 0 Å². The van der Waals surface area contributed by atoms with Crippen LogP contribution in [0.2, 0.25) is 0 Å². The fourth-order valence-corrected chi connectivity index (χ4v) is 1.52. The van der Waals surface area contributed by atoms with Gasteiger partial charge >= 0.3 is 0 Å². The van der Waals surface area contributed by atoms with E-state index < -0.39 is 6.10 Å². The van der Waals surface area contributed by atoms with Gasteiger partial charge in [0.2, 0.25) is 0 Å². The van der Waals surface area contributed by atoms with Gasteiger partial charge in [-0.1, -0.05) is 13.0 Å². The summed E-state index contributed by atoms with van der Waals surface area (Å²) in [7, 11) is 0. The van der Waals surface area contributed by atoms with E-state index in [1.807, 2.05) is 26.0 Å². The first-order chi connectivity index (χ1) is 8.24. The molecule has 1 aromatic rings. The van der Waals surface area contributed by atoms with Crippen molar-refractivity contribution in [1.29, 1.82) is 5.26 Å². The molecule has 92 valence electrons. The van der Waals surface area contributed by atoms with Gasteiger partial charge in [-0.05, 0) is 31.0 Å². The van der Waals surface area contributed by atoms with Crippen LogP contribution >= 0.6 is 11.6 Å². The molecule has 1 atom stereocenters. The van der Waals surface area contributed by atoms with Gasteiger partial charge < -0.3 is 9.47 Å². The number of ether oxygens (including phenoxy) is 2. The molecule has 0 radical (unpaired) electrons. The summed E-state index contributed by atoms with van der Waals surface area (Å²) in [6.45, 7) is 4.35. The number of rotatable bonds is 6. The van der Waals surface area contributed by atoms with Crippen LogP contribution in [0.4, 0.5) is 0 Å². The van der Waals surface area contributed by atoms with Crippen molar-refractivity contribution >= 4 is 11.6 Å². The van der Waals surface area contributed by atoms with Crippen LogP contribution in [0.3, 0.4) is 0 Å². The van der Waals surface area contributed by atoms with E-state index in [0.29, 0.717) is 30.4 Å². The average Bonchev–Trinajstić information content (AvgIpc) is 2.37. The van der Waals surface area contributed by atoms with Gasteiger partial charge in [0.05, 0.1) is 6.61 Å². The molecule has 0 heterocycles. The normalized spacial score (nSPS) is 11.6. The van der Waals surface area contributed by atoms with E-state index in [2.05, 4.69) is 6.07 Å². The Morgan fingerprint density at radius 3 is 2.65 bits per heavy atom. The lowest BCUT2D eigenvalue weighted by molar-refractivity contribution is 0.231. The summed E-state index contributed by atoms with van der Waals surface area (Å²) >= 11 is 5.76. The maximum absolute atomic E-state index is 8.87.